The van der Waals surface area contributed by atoms with Crippen molar-refractivity contribution >= 4 is 22.9 Å². The van der Waals surface area contributed by atoms with Gasteiger partial charge in [-0.25, -0.2) is 4.98 Å². The van der Waals surface area contributed by atoms with Crippen molar-refractivity contribution < 1.29 is 4.79 Å². The van der Waals surface area contributed by atoms with Gasteiger partial charge in [0.2, 0.25) is 5.95 Å². The summed E-state index contributed by atoms with van der Waals surface area (Å²) < 4.78 is 1.80. The molecule has 4 aromatic rings. The Morgan fingerprint density at radius 3 is 2.79 bits per heavy atom. The lowest BCUT2D eigenvalue weighted by molar-refractivity contribution is 0.0691. The third-order valence-electron chi connectivity index (χ3n) is 7.56. The van der Waals surface area contributed by atoms with E-state index in [-0.39, 0.29) is 17.4 Å². The molecule has 2 N–H and O–H groups in total. The number of amides is 1. The lowest BCUT2D eigenvalue weighted by atomic mass is 9.64. The number of rotatable bonds is 4. The number of nitrogens with one attached hydrogen (secondary N) is 2. The summed E-state index contributed by atoms with van der Waals surface area (Å²) in [4.78, 5) is 19.8. The Balaban J connectivity index is 1.19. The van der Waals surface area contributed by atoms with Gasteiger partial charge in [-0.1, -0.05) is 36.1 Å². The quantitative estimate of drug-likeness (QED) is 0.484. The molecule has 174 valence electrons. The summed E-state index contributed by atoms with van der Waals surface area (Å²) in [6, 6.07) is 11.9. The van der Waals surface area contributed by atoms with Gasteiger partial charge in [0.05, 0.1) is 22.8 Å². The van der Waals surface area contributed by atoms with E-state index in [1.54, 1.807) is 23.1 Å². The molecular formula is C24H27N9O. The van der Waals surface area contributed by atoms with E-state index in [0.717, 1.165) is 62.2 Å². The Morgan fingerprint density at radius 1 is 1.09 bits per heavy atom. The van der Waals surface area contributed by atoms with E-state index in [1.807, 2.05) is 30.3 Å². The highest BCUT2D eigenvalue weighted by molar-refractivity contribution is 6.05. The van der Waals surface area contributed by atoms with Crippen molar-refractivity contribution in [3.63, 3.8) is 0 Å². The maximum Gasteiger partial charge on any atom is 0.252 e. The Bertz CT molecular complexity index is 1290. The number of piperidine rings is 1. The summed E-state index contributed by atoms with van der Waals surface area (Å²) in [5.74, 6) is 0.729. The van der Waals surface area contributed by atoms with Gasteiger partial charge in [0, 0.05) is 25.3 Å². The zero-order chi connectivity index (χ0) is 23.0. The molecule has 0 radical (unpaired) electrons. The molecule has 1 amide bonds. The molecule has 1 aliphatic carbocycles. The molecular weight excluding hydrogens is 430 g/mol. The summed E-state index contributed by atoms with van der Waals surface area (Å²) in [5.41, 5.74) is 2.31. The number of carbonyl (C=O) groups is 1. The van der Waals surface area contributed by atoms with Gasteiger partial charge in [0.15, 0.2) is 5.65 Å². The number of aromatic amines is 1. The number of hydrogen-bond acceptors (Lipinski definition) is 7. The standard InChI is InChI=1S/C24H27N9O/c34-22(18-9-13-25-21-19(18)16-26-28-21)27-20-8-4-5-10-24(20)11-14-32(15-12-24)23-29-30-31-33(23)17-6-2-1-3-7-17/h1-3,6-7,9,13,16,20H,4-5,8,10-12,14-15H2,(H,27,34)(H,25,26,28). The first kappa shape index (κ1) is 20.8. The van der Waals surface area contributed by atoms with Crippen molar-refractivity contribution in [1.82, 2.24) is 40.7 Å². The number of carbonyl (C=O) groups excluding carboxylic acids is 1. The first-order chi connectivity index (χ1) is 16.7. The van der Waals surface area contributed by atoms with E-state index in [1.165, 1.54) is 6.42 Å². The van der Waals surface area contributed by atoms with Gasteiger partial charge in [-0.05, 0) is 59.7 Å². The fraction of sp³-hybridized carbons (Fsp3) is 0.417. The van der Waals surface area contributed by atoms with E-state index in [9.17, 15) is 4.79 Å². The van der Waals surface area contributed by atoms with E-state index in [0.29, 0.717) is 11.2 Å². The maximum atomic E-state index is 13.3. The summed E-state index contributed by atoms with van der Waals surface area (Å²) in [6.07, 6.45) is 9.80. The van der Waals surface area contributed by atoms with Crippen molar-refractivity contribution in [2.75, 3.05) is 18.0 Å². The molecule has 6 rings (SSSR count). The molecule has 1 saturated carbocycles. The Morgan fingerprint density at radius 2 is 1.94 bits per heavy atom. The predicted octanol–water partition coefficient (Wildman–Crippen LogP) is 2.89. The van der Waals surface area contributed by atoms with Crippen molar-refractivity contribution in [2.45, 2.75) is 44.6 Å². The zero-order valence-corrected chi connectivity index (χ0v) is 18.9. The lowest BCUT2D eigenvalue weighted by Gasteiger charge is -2.49. The minimum Gasteiger partial charge on any atom is -0.349 e. The van der Waals surface area contributed by atoms with Crippen LogP contribution in [0.15, 0.2) is 48.8 Å². The van der Waals surface area contributed by atoms with Crippen LogP contribution in [0.4, 0.5) is 5.95 Å². The molecule has 2 fully saturated rings. The molecule has 10 nitrogen and oxygen atoms in total. The minimum absolute atomic E-state index is 0.0458. The van der Waals surface area contributed by atoms with E-state index in [2.05, 4.69) is 40.9 Å². The molecule has 1 aliphatic heterocycles. The van der Waals surface area contributed by atoms with Crippen LogP contribution in [0, 0.1) is 5.41 Å². The Labute approximate surface area is 196 Å². The fourth-order valence-corrected chi connectivity index (χ4v) is 5.68. The predicted molar refractivity (Wildman–Crippen MR) is 127 cm³/mol. The van der Waals surface area contributed by atoms with E-state index >= 15 is 0 Å². The number of para-hydroxylation sites is 1. The third-order valence-corrected chi connectivity index (χ3v) is 7.56. The van der Waals surface area contributed by atoms with E-state index in [4.69, 9.17) is 0 Å². The molecule has 1 aromatic carbocycles. The third kappa shape index (κ3) is 3.59. The van der Waals surface area contributed by atoms with Gasteiger partial charge in [-0.3, -0.25) is 9.89 Å². The van der Waals surface area contributed by atoms with E-state index < -0.39 is 0 Å². The average molecular weight is 458 g/mol. The SMILES string of the molecule is O=C(NC1CCCCC12CCN(c1nnnn1-c1ccccc1)CC2)c1ccnc2[nH]ncc12. The number of benzene rings is 1. The molecule has 4 heterocycles. The summed E-state index contributed by atoms with van der Waals surface area (Å²) in [6.45, 7) is 1.72. The first-order valence-corrected chi connectivity index (χ1v) is 11.9. The van der Waals surface area contributed by atoms with Crippen LogP contribution in [-0.2, 0) is 0 Å². The number of nitrogens with zero attached hydrogens (tertiary/aromatic N) is 7. The number of pyridine rings is 1. The van der Waals surface area contributed by atoms with Crippen LogP contribution < -0.4 is 10.2 Å². The molecule has 3 aromatic heterocycles. The molecule has 1 unspecified atom stereocenters. The van der Waals surface area contributed by atoms with Gasteiger partial charge >= 0.3 is 0 Å². The molecule has 1 saturated heterocycles. The topological polar surface area (TPSA) is 118 Å². The number of aromatic nitrogens is 7. The highest BCUT2D eigenvalue weighted by atomic mass is 16.1. The second-order valence-electron chi connectivity index (χ2n) is 9.34. The minimum atomic E-state index is -0.0458. The Hall–Kier alpha value is -3.82. The van der Waals surface area contributed by atoms with Gasteiger partial charge in [0.1, 0.15) is 0 Å². The summed E-state index contributed by atoms with van der Waals surface area (Å²) >= 11 is 0. The smallest absolute Gasteiger partial charge is 0.252 e. The molecule has 1 atom stereocenters. The van der Waals surface area contributed by atoms with Crippen LogP contribution in [0.1, 0.15) is 48.9 Å². The van der Waals surface area contributed by atoms with Crippen LogP contribution in [0.3, 0.4) is 0 Å². The van der Waals surface area contributed by atoms with Gasteiger partial charge in [0.25, 0.3) is 5.91 Å². The van der Waals surface area contributed by atoms with Crippen molar-refractivity contribution in [3.8, 4) is 5.69 Å². The highest BCUT2D eigenvalue weighted by Gasteiger charge is 2.44. The second kappa shape index (κ2) is 8.51. The molecule has 2 aliphatic rings. The van der Waals surface area contributed by atoms with Crippen molar-refractivity contribution in [3.05, 3.63) is 54.4 Å². The van der Waals surface area contributed by atoms with Crippen LogP contribution >= 0.6 is 0 Å². The normalized spacial score (nSPS) is 20.0. The first-order valence-electron chi connectivity index (χ1n) is 11.9. The number of hydrogen-bond donors (Lipinski definition) is 2. The monoisotopic (exact) mass is 457 g/mol. The van der Waals surface area contributed by atoms with Crippen LogP contribution in [-0.4, -0.2) is 60.4 Å². The molecule has 10 heteroatoms. The lowest BCUT2D eigenvalue weighted by Crippen LogP contribution is -2.54. The number of fused-ring (bicyclic) bond motifs is 1. The Kier molecular flexibility index (Phi) is 5.20. The number of tetrazole rings is 1. The highest BCUT2D eigenvalue weighted by Crippen LogP contribution is 2.45. The number of anilines is 1. The fourth-order valence-electron chi connectivity index (χ4n) is 5.68. The zero-order valence-electron chi connectivity index (χ0n) is 18.9. The maximum absolute atomic E-state index is 13.3. The van der Waals surface area contributed by atoms with Gasteiger partial charge in [-0.15, -0.1) is 0 Å². The summed E-state index contributed by atoms with van der Waals surface area (Å²) in [7, 11) is 0. The van der Waals surface area contributed by atoms with Gasteiger partial charge in [-0.2, -0.15) is 9.78 Å². The number of H-pyrrole nitrogens is 1. The van der Waals surface area contributed by atoms with Crippen LogP contribution in [0.5, 0.6) is 0 Å². The molecule has 34 heavy (non-hydrogen) atoms. The second-order valence-corrected chi connectivity index (χ2v) is 9.34. The average Bonchev–Trinajstić information content (AvgIpc) is 3.56. The molecule has 0 bridgehead atoms. The van der Waals surface area contributed by atoms with Crippen LogP contribution in [0.2, 0.25) is 0 Å². The van der Waals surface area contributed by atoms with Gasteiger partial charge < -0.3 is 10.2 Å². The van der Waals surface area contributed by atoms with Crippen LogP contribution in [0.25, 0.3) is 16.7 Å². The van der Waals surface area contributed by atoms with Crippen molar-refractivity contribution in [1.29, 1.82) is 0 Å². The molecule has 1 spiro atoms. The van der Waals surface area contributed by atoms with Crippen molar-refractivity contribution in [2.24, 2.45) is 5.41 Å². The largest absolute Gasteiger partial charge is 0.349 e. The summed E-state index contributed by atoms with van der Waals surface area (Å²) in [5, 5.41) is 23.5.